The number of rotatable bonds is 7. The molecule has 0 aliphatic carbocycles. The molecule has 1 atom stereocenters. The van der Waals surface area contributed by atoms with Crippen molar-refractivity contribution < 1.29 is 14.5 Å². The van der Waals surface area contributed by atoms with Gasteiger partial charge in [0.25, 0.3) is 5.69 Å². The molecule has 0 aromatic heterocycles. The molecule has 6 nitrogen and oxygen atoms in total. The summed E-state index contributed by atoms with van der Waals surface area (Å²) in [7, 11) is 0. The van der Waals surface area contributed by atoms with Gasteiger partial charge in [-0.25, -0.2) is 4.79 Å². The number of hydrogen-bond donors (Lipinski definition) is 0. The van der Waals surface area contributed by atoms with E-state index in [2.05, 4.69) is 6.58 Å². The smallest absolute Gasteiger partial charge is 0.335 e. The van der Waals surface area contributed by atoms with Crippen molar-refractivity contribution >= 4 is 17.3 Å². The average molecular weight is 340 g/mol. The van der Waals surface area contributed by atoms with Crippen LogP contribution in [0.3, 0.4) is 0 Å². The summed E-state index contributed by atoms with van der Waals surface area (Å²) in [5.41, 5.74) is 2.07. The first kappa shape index (κ1) is 18.2. The minimum absolute atomic E-state index is 0.00925. The van der Waals surface area contributed by atoms with Gasteiger partial charge >= 0.3 is 5.97 Å². The summed E-state index contributed by atoms with van der Waals surface area (Å²) in [6.07, 6.45) is -0.564. The van der Waals surface area contributed by atoms with Gasteiger partial charge in [-0.05, 0) is 31.5 Å². The van der Waals surface area contributed by atoms with Crippen LogP contribution < -0.4 is 4.90 Å². The van der Waals surface area contributed by atoms with E-state index in [0.29, 0.717) is 12.1 Å². The molecule has 0 saturated carbocycles. The number of benzene rings is 2. The molecule has 25 heavy (non-hydrogen) atoms. The molecule has 0 fully saturated rings. The van der Waals surface area contributed by atoms with Crippen LogP contribution in [-0.2, 0) is 16.1 Å². The fourth-order valence-corrected chi connectivity index (χ4v) is 2.29. The fraction of sp³-hybridized carbons (Fsp3) is 0.211. The first-order chi connectivity index (χ1) is 11.9. The molecule has 0 aliphatic rings. The maximum absolute atomic E-state index is 11.8. The van der Waals surface area contributed by atoms with Gasteiger partial charge in [0.1, 0.15) is 0 Å². The van der Waals surface area contributed by atoms with Crippen LogP contribution in [0, 0.1) is 10.1 Å². The van der Waals surface area contributed by atoms with Gasteiger partial charge < -0.3 is 9.64 Å². The number of esters is 1. The third kappa shape index (κ3) is 4.91. The Bertz CT molecular complexity index is 757. The van der Waals surface area contributed by atoms with E-state index in [-0.39, 0.29) is 5.69 Å². The molecular formula is C19H20N2O4. The molecule has 6 heteroatoms. The summed E-state index contributed by atoms with van der Waals surface area (Å²) >= 11 is 0. The Morgan fingerprint density at radius 3 is 2.32 bits per heavy atom. The lowest BCUT2D eigenvalue weighted by atomic mass is 10.2. The zero-order valence-electron chi connectivity index (χ0n) is 14.2. The number of carbonyl (C=O) groups is 1. The summed E-state index contributed by atoms with van der Waals surface area (Å²) in [6, 6.07) is 15.9. The van der Waals surface area contributed by atoms with Crippen molar-refractivity contribution in [1.82, 2.24) is 0 Å². The molecule has 0 spiro atoms. The van der Waals surface area contributed by atoms with Crippen LogP contribution in [-0.4, -0.2) is 17.1 Å². The number of non-ortho nitro benzene ring substituents is 1. The van der Waals surface area contributed by atoms with Crippen LogP contribution >= 0.6 is 0 Å². The van der Waals surface area contributed by atoms with Crippen LogP contribution in [0.4, 0.5) is 11.4 Å². The van der Waals surface area contributed by atoms with Crippen molar-refractivity contribution in [2.75, 3.05) is 4.90 Å². The van der Waals surface area contributed by atoms with Gasteiger partial charge in [0.15, 0.2) is 6.23 Å². The van der Waals surface area contributed by atoms with E-state index in [9.17, 15) is 14.9 Å². The summed E-state index contributed by atoms with van der Waals surface area (Å²) in [4.78, 5) is 24.1. The van der Waals surface area contributed by atoms with E-state index in [4.69, 9.17) is 4.74 Å². The van der Waals surface area contributed by atoms with Crippen LogP contribution in [0.5, 0.6) is 0 Å². The Labute approximate surface area is 146 Å². The Morgan fingerprint density at radius 1 is 1.20 bits per heavy atom. The first-order valence-corrected chi connectivity index (χ1v) is 7.80. The molecule has 2 aromatic rings. The topological polar surface area (TPSA) is 72.7 Å². The predicted molar refractivity (Wildman–Crippen MR) is 96.1 cm³/mol. The number of carbonyl (C=O) groups excluding carboxylic acids is 1. The van der Waals surface area contributed by atoms with Crippen LogP contribution in [0.1, 0.15) is 19.4 Å². The Kier molecular flexibility index (Phi) is 5.89. The van der Waals surface area contributed by atoms with E-state index >= 15 is 0 Å². The zero-order valence-corrected chi connectivity index (χ0v) is 14.2. The Hall–Kier alpha value is -3.15. The third-order valence-electron chi connectivity index (χ3n) is 3.65. The molecule has 0 amide bonds. The van der Waals surface area contributed by atoms with Crippen LogP contribution in [0.15, 0.2) is 66.7 Å². The summed E-state index contributed by atoms with van der Waals surface area (Å²) in [5.74, 6) is -0.479. The fourth-order valence-electron chi connectivity index (χ4n) is 2.29. The van der Waals surface area contributed by atoms with Crippen LogP contribution in [0.2, 0.25) is 0 Å². The van der Waals surface area contributed by atoms with Gasteiger partial charge in [-0.1, -0.05) is 36.9 Å². The standard InChI is InChI=1S/C19H20N2O4/c1-14(2)19(22)25-15(3)20(13-16-7-5-4-6-8-16)17-9-11-18(12-10-17)21(23)24/h4-12,15H,1,13H2,2-3H3. The van der Waals surface area contributed by atoms with E-state index in [0.717, 1.165) is 11.3 Å². The molecular weight excluding hydrogens is 320 g/mol. The van der Waals surface area contributed by atoms with Crippen LogP contribution in [0.25, 0.3) is 0 Å². The van der Waals surface area contributed by atoms with E-state index < -0.39 is 17.1 Å². The highest BCUT2D eigenvalue weighted by molar-refractivity contribution is 5.87. The second-order valence-corrected chi connectivity index (χ2v) is 5.67. The molecule has 2 aromatic carbocycles. The number of anilines is 1. The quantitative estimate of drug-likeness (QED) is 0.250. The lowest BCUT2D eigenvalue weighted by Gasteiger charge is -2.31. The molecule has 0 aliphatic heterocycles. The predicted octanol–water partition coefficient (Wildman–Crippen LogP) is 4.07. The normalized spacial score (nSPS) is 11.4. The van der Waals surface area contributed by atoms with E-state index in [1.165, 1.54) is 12.1 Å². The molecule has 2 rings (SSSR count). The summed E-state index contributed by atoms with van der Waals surface area (Å²) in [6.45, 7) is 7.42. The van der Waals surface area contributed by atoms with E-state index in [1.54, 1.807) is 26.0 Å². The van der Waals surface area contributed by atoms with Crippen molar-refractivity contribution in [3.05, 3.63) is 82.4 Å². The van der Waals surface area contributed by atoms with Crippen molar-refractivity contribution in [1.29, 1.82) is 0 Å². The van der Waals surface area contributed by atoms with Gasteiger partial charge in [0.2, 0.25) is 0 Å². The van der Waals surface area contributed by atoms with Gasteiger partial charge in [0, 0.05) is 29.9 Å². The number of hydrogen-bond acceptors (Lipinski definition) is 5. The molecule has 0 heterocycles. The highest BCUT2D eigenvalue weighted by Crippen LogP contribution is 2.24. The Morgan fingerprint density at radius 2 is 1.80 bits per heavy atom. The Balaban J connectivity index is 2.28. The van der Waals surface area contributed by atoms with E-state index in [1.807, 2.05) is 35.2 Å². The second kappa shape index (κ2) is 8.10. The van der Waals surface area contributed by atoms with Gasteiger partial charge in [-0.2, -0.15) is 0 Å². The highest BCUT2D eigenvalue weighted by atomic mass is 16.6. The minimum Gasteiger partial charge on any atom is -0.439 e. The molecule has 130 valence electrons. The average Bonchev–Trinajstić information content (AvgIpc) is 2.60. The van der Waals surface area contributed by atoms with Crippen molar-refractivity contribution in [3.8, 4) is 0 Å². The van der Waals surface area contributed by atoms with Crippen molar-refractivity contribution in [2.24, 2.45) is 0 Å². The lowest BCUT2D eigenvalue weighted by Crippen LogP contribution is -2.36. The highest BCUT2D eigenvalue weighted by Gasteiger charge is 2.20. The minimum atomic E-state index is -0.564. The second-order valence-electron chi connectivity index (χ2n) is 5.67. The maximum atomic E-state index is 11.8. The van der Waals surface area contributed by atoms with Gasteiger partial charge in [-0.3, -0.25) is 10.1 Å². The number of nitro groups is 1. The zero-order chi connectivity index (χ0) is 18.4. The van der Waals surface area contributed by atoms with Gasteiger partial charge in [0.05, 0.1) is 4.92 Å². The molecule has 0 bridgehead atoms. The SMILES string of the molecule is C=C(C)C(=O)OC(C)N(Cc1ccccc1)c1ccc([N+](=O)[O-])cc1. The number of nitro benzene ring substituents is 1. The third-order valence-corrected chi connectivity index (χ3v) is 3.65. The summed E-state index contributed by atoms with van der Waals surface area (Å²) in [5, 5.41) is 10.8. The molecule has 0 N–H and O–H groups in total. The largest absolute Gasteiger partial charge is 0.439 e. The number of ether oxygens (including phenoxy) is 1. The maximum Gasteiger partial charge on any atom is 0.335 e. The monoisotopic (exact) mass is 340 g/mol. The molecule has 0 saturated heterocycles. The van der Waals surface area contributed by atoms with Crippen molar-refractivity contribution in [2.45, 2.75) is 26.6 Å². The van der Waals surface area contributed by atoms with Gasteiger partial charge in [-0.15, -0.1) is 0 Å². The molecule has 1 unspecified atom stereocenters. The van der Waals surface area contributed by atoms with Crippen molar-refractivity contribution in [3.63, 3.8) is 0 Å². The lowest BCUT2D eigenvalue weighted by molar-refractivity contribution is -0.384. The summed E-state index contributed by atoms with van der Waals surface area (Å²) < 4.78 is 5.43. The first-order valence-electron chi connectivity index (χ1n) is 7.80. The molecule has 0 radical (unpaired) electrons. The number of nitrogens with zero attached hydrogens (tertiary/aromatic N) is 2.